The van der Waals surface area contributed by atoms with Crippen LogP contribution in [-0.2, 0) is 5.54 Å². The second-order valence-corrected chi connectivity index (χ2v) is 7.80. The van der Waals surface area contributed by atoms with Crippen LogP contribution in [0.5, 0.6) is 11.5 Å². The average molecular weight is 432 g/mol. The number of benzene rings is 3. The first-order valence-electron chi connectivity index (χ1n) is 10.1. The van der Waals surface area contributed by atoms with Gasteiger partial charge in [-0.05, 0) is 54.1 Å². The van der Waals surface area contributed by atoms with E-state index in [-0.39, 0.29) is 5.56 Å². The number of anilines is 1. The van der Waals surface area contributed by atoms with Crippen LogP contribution in [0.3, 0.4) is 0 Å². The van der Waals surface area contributed by atoms with Crippen molar-refractivity contribution < 1.29 is 23.4 Å². The molecule has 1 fully saturated rings. The van der Waals surface area contributed by atoms with Crippen molar-refractivity contribution in [3.63, 3.8) is 0 Å². The van der Waals surface area contributed by atoms with Gasteiger partial charge in [0.05, 0.1) is 16.5 Å². The SMILES string of the molecule is O=C(O)c1ccc(C2(Nc3nc(F)cc4cccc(Oc5cccc(F)c5)c34)CC2)cc1. The Kier molecular flexibility index (Phi) is 4.74. The fourth-order valence-corrected chi connectivity index (χ4v) is 3.85. The standard InChI is InChI=1S/C25H18F2N2O3/c26-18-4-2-5-19(14-18)32-20-6-1-3-16-13-21(27)28-23(22(16)20)29-25(11-12-25)17-9-7-15(8-10-17)24(30)31/h1-10,13-14H,11-12H2,(H,28,29)(H,30,31). The van der Waals surface area contributed by atoms with Crippen LogP contribution in [0.4, 0.5) is 14.6 Å². The minimum Gasteiger partial charge on any atom is -0.478 e. The van der Waals surface area contributed by atoms with Gasteiger partial charge in [0.2, 0.25) is 5.95 Å². The Balaban J connectivity index is 1.55. The molecule has 32 heavy (non-hydrogen) atoms. The third-order valence-corrected chi connectivity index (χ3v) is 5.60. The zero-order valence-electron chi connectivity index (χ0n) is 16.8. The summed E-state index contributed by atoms with van der Waals surface area (Å²) in [7, 11) is 0. The van der Waals surface area contributed by atoms with Gasteiger partial charge in [0, 0.05) is 12.1 Å². The van der Waals surface area contributed by atoms with E-state index in [4.69, 9.17) is 9.84 Å². The van der Waals surface area contributed by atoms with Crippen molar-refractivity contribution in [1.29, 1.82) is 0 Å². The van der Waals surface area contributed by atoms with Gasteiger partial charge in [0.1, 0.15) is 23.1 Å². The second-order valence-electron chi connectivity index (χ2n) is 7.80. The Labute approximate surface area is 182 Å². The number of nitrogens with one attached hydrogen (secondary N) is 1. The molecule has 1 aliphatic rings. The highest BCUT2D eigenvalue weighted by atomic mass is 19.1. The molecule has 0 spiro atoms. The highest BCUT2D eigenvalue weighted by molar-refractivity contribution is 5.97. The van der Waals surface area contributed by atoms with Gasteiger partial charge in [0.15, 0.2) is 0 Å². The largest absolute Gasteiger partial charge is 0.478 e. The van der Waals surface area contributed by atoms with Gasteiger partial charge in [-0.1, -0.05) is 30.3 Å². The van der Waals surface area contributed by atoms with Gasteiger partial charge >= 0.3 is 5.97 Å². The quantitative estimate of drug-likeness (QED) is 0.360. The number of halogens is 2. The summed E-state index contributed by atoms with van der Waals surface area (Å²) in [5.41, 5.74) is 0.617. The number of aromatic carboxylic acids is 1. The number of carboxylic acid groups (broad SMARTS) is 1. The smallest absolute Gasteiger partial charge is 0.335 e. The van der Waals surface area contributed by atoms with Crippen molar-refractivity contribution in [3.05, 3.63) is 95.7 Å². The molecule has 4 aromatic rings. The maximum absolute atomic E-state index is 14.3. The van der Waals surface area contributed by atoms with E-state index in [0.717, 1.165) is 18.4 Å². The summed E-state index contributed by atoms with van der Waals surface area (Å²) in [6, 6.07) is 18.9. The summed E-state index contributed by atoms with van der Waals surface area (Å²) < 4.78 is 33.9. The van der Waals surface area contributed by atoms with Crippen molar-refractivity contribution in [1.82, 2.24) is 4.98 Å². The number of ether oxygens (including phenoxy) is 1. The van der Waals surface area contributed by atoms with Crippen molar-refractivity contribution in [2.24, 2.45) is 0 Å². The summed E-state index contributed by atoms with van der Waals surface area (Å²) in [4.78, 5) is 15.2. The number of pyridine rings is 1. The van der Waals surface area contributed by atoms with E-state index >= 15 is 0 Å². The molecule has 0 atom stereocenters. The van der Waals surface area contributed by atoms with Crippen LogP contribution in [0.2, 0.25) is 0 Å². The average Bonchev–Trinajstić information content (AvgIpc) is 3.54. The molecule has 3 aromatic carbocycles. The molecule has 160 valence electrons. The van der Waals surface area contributed by atoms with Gasteiger partial charge in [0.25, 0.3) is 0 Å². The summed E-state index contributed by atoms with van der Waals surface area (Å²) in [5.74, 6) is -1.01. The zero-order valence-corrected chi connectivity index (χ0v) is 16.8. The minimum absolute atomic E-state index is 0.199. The van der Waals surface area contributed by atoms with E-state index in [1.54, 1.807) is 54.6 Å². The summed E-state index contributed by atoms with van der Waals surface area (Å²) in [6.45, 7) is 0. The molecule has 5 rings (SSSR count). The number of carboxylic acids is 1. The van der Waals surface area contributed by atoms with E-state index < -0.39 is 23.3 Å². The fourth-order valence-electron chi connectivity index (χ4n) is 3.85. The lowest BCUT2D eigenvalue weighted by Crippen LogP contribution is -2.20. The van der Waals surface area contributed by atoms with E-state index in [0.29, 0.717) is 28.1 Å². The van der Waals surface area contributed by atoms with Gasteiger partial charge < -0.3 is 15.2 Å². The van der Waals surface area contributed by atoms with Crippen LogP contribution in [0.1, 0.15) is 28.8 Å². The molecule has 0 saturated heterocycles. The van der Waals surface area contributed by atoms with E-state index in [2.05, 4.69) is 10.3 Å². The first kappa shape index (κ1) is 19.9. The van der Waals surface area contributed by atoms with Crippen LogP contribution in [-0.4, -0.2) is 16.1 Å². The van der Waals surface area contributed by atoms with Crippen LogP contribution >= 0.6 is 0 Å². The van der Waals surface area contributed by atoms with Crippen molar-refractivity contribution in [2.45, 2.75) is 18.4 Å². The molecule has 0 amide bonds. The lowest BCUT2D eigenvalue weighted by molar-refractivity contribution is 0.0697. The van der Waals surface area contributed by atoms with Gasteiger partial charge in [-0.2, -0.15) is 4.39 Å². The van der Waals surface area contributed by atoms with Crippen molar-refractivity contribution in [3.8, 4) is 11.5 Å². The molecule has 2 N–H and O–H groups in total. The summed E-state index contributed by atoms with van der Waals surface area (Å²) in [6.07, 6.45) is 1.57. The third-order valence-electron chi connectivity index (χ3n) is 5.60. The Hall–Kier alpha value is -4.00. The van der Waals surface area contributed by atoms with Crippen molar-refractivity contribution >= 4 is 22.6 Å². The van der Waals surface area contributed by atoms with Gasteiger partial charge in [-0.3, -0.25) is 0 Å². The highest BCUT2D eigenvalue weighted by Crippen LogP contribution is 2.49. The molecule has 7 heteroatoms. The van der Waals surface area contributed by atoms with Crippen molar-refractivity contribution in [2.75, 3.05) is 5.32 Å². The Morgan fingerprint density at radius 1 is 1.00 bits per heavy atom. The van der Waals surface area contributed by atoms with Crippen LogP contribution < -0.4 is 10.1 Å². The molecule has 1 saturated carbocycles. The monoisotopic (exact) mass is 432 g/mol. The molecular formula is C25H18F2N2O3. The fraction of sp³-hybridized carbons (Fsp3) is 0.120. The highest BCUT2D eigenvalue weighted by Gasteiger charge is 2.45. The summed E-state index contributed by atoms with van der Waals surface area (Å²) in [5, 5.41) is 13.7. The first-order valence-corrected chi connectivity index (χ1v) is 10.1. The number of carbonyl (C=O) groups is 1. The van der Waals surface area contributed by atoms with Gasteiger partial charge in [-0.25, -0.2) is 14.2 Å². The minimum atomic E-state index is -0.994. The maximum atomic E-state index is 14.3. The molecule has 0 bridgehead atoms. The number of fused-ring (bicyclic) bond motifs is 1. The number of hydrogen-bond donors (Lipinski definition) is 2. The molecule has 0 aliphatic heterocycles. The van der Waals surface area contributed by atoms with Crippen LogP contribution in [0.25, 0.3) is 10.8 Å². The number of aromatic nitrogens is 1. The molecule has 5 nitrogen and oxygen atoms in total. The predicted molar refractivity (Wildman–Crippen MR) is 116 cm³/mol. The normalized spacial score (nSPS) is 14.2. The first-order chi connectivity index (χ1) is 15.4. The zero-order chi connectivity index (χ0) is 22.3. The molecule has 1 aliphatic carbocycles. The number of rotatable bonds is 6. The molecule has 1 heterocycles. The predicted octanol–water partition coefficient (Wildman–Crippen LogP) is 6.10. The lowest BCUT2D eigenvalue weighted by atomic mass is 10.0. The molecule has 1 aromatic heterocycles. The Bertz CT molecular complexity index is 1340. The van der Waals surface area contributed by atoms with Gasteiger partial charge in [-0.15, -0.1) is 0 Å². The van der Waals surface area contributed by atoms with Crippen LogP contribution in [0.15, 0.2) is 72.8 Å². The molecule has 0 unspecified atom stereocenters. The van der Waals surface area contributed by atoms with E-state index in [1.807, 2.05) is 0 Å². The Morgan fingerprint density at radius 3 is 2.44 bits per heavy atom. The lowest BCUT2D eigenvalue weighted by Gasteiger charge is -2.21. The second kappa shape index (κ2) is 7.60. The maximum Gasteiger partial charge on any atom is 0.335 e. The third kappa shape index (κ3) is 3.73. The molecular weight excluding hydrogens is 414 g/mol. The Morgan fingerprint density at radius 2 is 1.75 bits per heavy atom. The van der Waals surface area contributed by atoms with E-state index in [9.17, 15) is 13.6 Å². The van der Waals surface area contributed by atoms with Crippen LogP contribution in [0, 0.1) is 11.8 Å². The number of nitrogens with zero attached hydrogens (tertiary/aromatic N) is 1. The van der Waals surface area contributed by atoms with E-state index in [1.165, 1.54) is 18.2 Å². The molecule has 0 radical (unpaired) electrons. The topological polar surface area (TPSA) is 71.5 Å². The number of hydrogen-bond acceptors (Lipinski definition) is 4. The summed E-state index contributed by atoms with van der Waals surface area (Å²) >= 11 is 0.